The lowest BCUT2D eigenvalue weighted by Crippen LogP contribution is -2.46. The van der Waals surface area contributed by atoms with Crippen LogP contribution in [0.15, 0.2) is 36.8 Å². The first-order valence-corrected chi connectivity index (χ1v) is 8.66. The number of rotatable bonds is 5. The Balaban J connectivity index is 1.53. The number of nitrogens with zero attached hydrogens (tertiary/aromatic N) is 3. The summed E-state index contributed by atoms with van der Waals surface area (Å²) in [5, 5.41) is 0.897. The maximum absolute atomic E-state index is 12.4. The number of hydrogen-bond acceptors (Lipinski definition) is 5. The van der Waals surface area contributed by atoms with E-state index in [1.165, 1.54) is 6.33 Å². The quantitative estimate of drug-likeness (QED) is 0.795. The highest BCUT2D eigenvalue weighted by Crippen LogP contribution is 2.27. The second-order valence-corrected chi connectivity index (χ2v) is 6.48. The second kappa shape index (κ2) is 8.36. The number of amides is 1. The molecule has 1 unspecified atom stereocenters. The molecule has 1 aromatic carbocycles. The number of piperidine rings is 1. The standard InChI is InChI=1S/C17H17Cl2N3O3/c18-12-3-4-15(14(19)8-12)24-10-17(23)22-7-1-2-13(9-22)25-16-5-6-20-11-21-16/h3-6,8,11,13H,1-2,7,9-10H2. The molecule has 132 valence electrons. The van der Waals surface area contributed by atoms with Crippen LogP contribution in [0, 0.1) is 0 Å². The van der Waals surface area contributed by atoms with Gasteiger partial charge in [0, 0.05) is 23.8 Å². The van der Waals surface area contributed by atoms with Crippen molar-refractivity contribution in [2.75, 3.05) is 19.7 Å². The van der Waals surface area contributed by atoms with Crippen molar-refractivity contribution in [3.05, 3.63) is 46.8 Å². The topological polar surface area (TPSA) is 64.5 Å². The van der Waals surface area contributed by atoms with Gasteiger partial charge in [0.25, 0.3) is 5.91 Å². The lowest BCUT2D eigenvalue weighted by Gasteiger charge is -2.32. The Bertz CT molecular complexity index is 730. The van der Waals surface area contributed by atoms with Crippen molar-refractivity contribution in [2.45, 2.75) is 18.9 Å². The van der Waals surface area contributed by atoms with Gasteiger partial charge in [-0.25, -0.2) is 9.97 Å². The molecule has 25 heavy (non-hydrogen) atoms. The van der Waals surface area contributed by atoms with E-state index in [0.717, 1.165) is 12.8 Å². The number of likely N-dealkylation sites (tertiary alicyclic amines) is 1. The predicted octanol–water partition coefficient (Wildman–Crippen LogP) is 3.23. The summed E-state index contributed by atoms with van der Waals surface area (Å²) in [6.07, 6.45) is 4.70. The molecular weight excluding hydrogens is 365 g/mol. The van der Waals surface area contributed by atoms with E-state index in [-0.39, 0.29) is 18.6 Å². The summed E-state index contributed by atoms with van der Waals surface area (Å²) in [4.78, 5) is 22.0. The first-order chi connectivity index (χ1) is 12.1. The third-order valence-corrected chi connectivity index (χ3v) is 4.35. The molecule has 1 saturated heterocycles. The number of benzene rings is 1. The van der Waals surface area contributed by atoms with Gasteiger partial charge in [-0.15, -0.1) is 0 Å². The zero-order chi connectivity index (χ0) is 17.6. The van der Waals surface area contributed by atoms with Crippen LogP contribution in [-0.2, 0) is 4.79 Å². The number of halogens is 2. The fourth-order valence-corrected chi connectivity index (χ4v) is 3.07. The van der Waals surface area contributed by atoms with Crippen molar-refractivity contribution in [2.24, 2.45) is 0 Å². The number of carbonyl (C=O) groups excluding carboxylic acids is 1. The van der Waals surface area contributed by atoms with Crippen molar-refractivity contribution in [1.29, 1.82) is 0 Å². The molecule has 1 aromatic heterocycles. The molecule has 8 heteroatoms. The van der Waals surface area contributed by atoms with Crippen molar-refractivity contribution >= 4 is 29.1 Å². The summed E-state index contributed by atoms with van der Waals surface area (Å²) in [5.41, 5.74) is 0. The smallest absolute Gasteiger partial charge is 0.260 e. The lowest BCUT2D eigenvalue weighted by atomic mass is 10.1. The van der Waals surface area contributed by atoms with E-state index in [1.807, 2.05) is 0 Å². The lowest BCUT2D eigenvalue weighted by molar-refractivity contribution is -0.136. The first kappa shape index (κ1) is 17.8. The maximum Gasteiger partial charge on any atom is 0.260 e. The third-order valence-electron chi connectivity index (χ3n) is 3.82. The molecule has 1 atom stereocenters. The van der Waals surface area contributed by atoms with E-state index in [2.05, 4.69) is 9.97 Å². The zero-order valence-electron chi connectivity index (χ0n) is 13.4. The van der Waals surface area contributed by atoms with Crippen LogP contribution in [-0.4, -0.2) is 46.6 Å². The monoisotopic (exact) mass is 381 g/mol. The molecule has 1 amide bonds. The van der Waals surface area contributed by atoms with Gasteiger partial charge in [0.1, 0.15) is 18.2 Å². The van der Waals surface area contributed by atoms with Gasteiger partial charge in [-0.05, 0) is 31.0 Å². The molecule has 2 aromatic rings. The molecule has 1 fully saturated rings. The largest absolute Gasteiger partial charge is 0.482 e. The van der Waals surface area contributed by atoms with E-state index < -0.39 is 0 Å². The predicted molar refractivity (Wildman–Crippen MR) is 94.2 cm³/mol. The highest BCUT2D eigenvalue weighted by atomic mass is 35.5. The molecule has 0 N–H and O–H groups in total. The van der Waals surface area contributed by atoms with Crippen LogP contribution in [0.1, 0.15) is 12.8 Å². The van der Waals surface area contributed by atoms with Crippen LogP contribution < -0.4 is 9.47 Å². The van der Waals surface area contributed by atoms with E-state index in [1.54, 1.807) is 35.4 Å². The first-order valence-electron chi connectivity index (χ1n) is 7.90. The van der Waals surface area contributed by atoms with Crippen LogP contribution in [0.4, 0.5) is 0 Å². The van der Waals surface area contributed by atoms with Crippen molar-refractivity contribution in [1.82, 2.24) is 14.9 Å². The second-order valence-electron chi connectivity index (χ2n) is 5.63. The summed E-state index contributed by atoms with van der Waals surface area (Å²) < 4.78 is 11.3. The molecule has 0 bridgehead atoms. The van der Waals surface area contributed by atoms with Gasteiger partial charge in [0.2, 0.25) is 5.88 Å². The number of ether oxygens (including phenoxy) is 2. The van der Waals surface area contributed by atoms with Gasteiger partial charge in [-0.1, -0.05) is 23.2 Å². The summed E-state index contributed by atoms with van der Waals surface area (Å²) in [7, 11) is 0. The number of hydrogen-bond donors (Lipinski definition) is 0. The molecule has 6 nitrogen and oxygen atoms in total. The Morgan fingerprint density at radius 3 is 2.96 bits per heavy atom. The fraction of sp³-hybridized carbons (Fsp3) is 0.353. The summed E-state index contributed by atoms with van der Waals surface area (Å²) in [6, 6.07) is 6.59. The Labute approximate surface area is 155 Å². The SMILES string of the molecule is O=C(COc1ccc(Cl)cc1Cl)N1CCCC(Oc2ccncn2)C1. The van der Waals surface area contributed by atoms with E-state index in [0.29, 0.717) is 34.8 Å². The van der Waals surface area contributed by atoms with E-state index in [9.17, 15) is 4.79 Å². The normalized spacial score (nSPS) is 17.2. The average molecular weight is 382 g/mol. The molecule has 2 heterocycles. The minimum atomic E-state index is -0.109. The summed E-state index contributed by atoms with van der Waals surface area (Å²) in [5.74, 6) is 0.839. The van der Waals surface area contributed by atoms with Gasteiger partial charge in [-0.2, -0.15) is 0 Å². The molecule has 1 aliphatic heterocycles. The van der Waals surface area contributed by atoms with Crippen molar-refractivity contribution in [3.63, 3.8) is 0 Å². The van der Waals surface area contributed by atoms with Crippen molar-refractivity contribution < 1.29 is 14.3 Å². The van der Waals surface area contributed by atoms with Crippen LogP contribution in [0.3, 0.4) is 0 Å². The average Bonchev–Trinajstić information content (AvgIpc) is 2.62. The highest BCUT2D eigenvalue weighted by Gasteiger charge is 2.25. The van der Waals surface area contributed by atoms with Crippen LogP contribution in [0.25, 0.3) is 0 Å². The molecule has 0 spiro atoms. The Kier molecular flexibility index (Phi) is 5.94. The molecule has 0 aliphatic carbocycles. The zero-order valence-corrected chi connectivity index (χ0v) is 14.9. The fourth-order valence-electron chi connectivity index (χ4n) is 2.60. The minimum Gasteiger partial charge on any atom is -0.482 e. The van der Waals surface area contributed by atoms with E-state index >= 15 is 0 Å². The minimum absolute atomic E-state index is 0.0818. The van der Waals surface area contributed by atoms with Gasteiger partial charge in [-0.3, -0.25) is 4.79 Å². The molecular formula is C17H17Cl2N3O3. The molecule has 1 aliphatic rings. The number of aromatic nitrogens is 2. The Morgan fingerprint density at radius 1 is 1.32 bits per heavy atom. The third kappa shape index (κ3) is 4.96. The van der Waals surface area contributed by atoms with Crippen molar-refractivity contribution in [3.8, 4) is 11.6 Å². The Morgan fingerprint density at radius 2 is 2.20 bits per heavy atom. The number of carbonyl (C=O) groups is 1. The van der Waals surface area contributed by atoms with Gasteiger partial charge >= 0.3 is 0 Å². The van der Waals surface area contributed by atoms with Gasteiger partial charge in [0.15, 0.2) is 6.61 Å². The highest BCUT2D eigenvalue weighted by molar-refractivity contribution is 6.35. The van der Waals surface area contributed by atoms with Gasteiger partial charge in [0.05, 0.1) is 11.6 Å². The van der Waals surface area contributed by atoms with Crippen LogP contribution in [0.5, 0.6) is 11.6 Å². The van der Waals surface area contributed by atoms with Crippen LogP contribution in [0.2, 0.25) is 10.0 Å². The Hall–Kier alpha value is -2.05. The molecule has 3 rings (SSSR count). The van der Waals surface area contributed by atoms with Gasteiger partial charge < -0.3 is 14.4 Å². The summed E-state index contributed by atoms with van der Waals surface area (Å²) >= 11 is 11.9. The molecule has 0 saturated carbocycles. The summed E-state index contributed by atoms with van der Waals surface area (Å²) in [6.45, 7) is 1.10. The van der Waals surface area contributed by atoms with E-state index in [4.69, 9.17) is 32.7 Å². The maximum atomic E-state index is 12.4. The van der Waals surface area contributed by atoms with Crippen LogP contribution >= 0.6 is 23.2 Å². The molecule has 0 radical (unpaired) electrons.